The van der Waals surface area contributed by atoms with Crippen LogP contribution in [0.2, 0.25) is 0 Å². The maximum Gasteiger partial charge on any atom is 0.0902 e. The molecule has 0 aromatic carbocycles. The first kappa shape index (κ1) is 5.71. The largest absolute Gasteiger partial charge is 0.473 e. The lowest BCUT2D eigenvalue weighted by molar-refractivity contribution is 0.567. The lowest BCUT2D eigenvalue weighted by atomic mass is 10.7. The zero-order valence-corrected chi connectivity index (χ0v) is 4.06. The number of rotatable bonds is 0. The van der Waals surface area contributed by atoms with Crippen LogP contribution < -0.4 is 0 Å². The third kappa shape index (κ3) is 1.23. The average Bonchev–Trinajstić information content (AvgIpc) is 1.76. The van der Waals surface area contributed by atoms with Gasteiger partial charge >= 0.3 is 0 Å². The van der Waals surface area contributed by atoms with E-state index in [1.807, 2.05) is 12.1 Å². The molecule has 1 nitrogen and oxygen atoms in total. The maximum atomic E-state index is 4.58. The lowest BCUT2D eigenvalue weighted by Crippen LogP contribution is -1.16. The van der Waals surface area contributed by atoms with Gasteiger partial charge in [-0.05, 0) is 12.1 Å². The SMILES string of the molecule is [P].c1ccoc1. The monoisotopic (exact) mass is 99.0 g/mol. The number of hydrogen-bond donors (Lipinski definition) is 0. The Balaban J connectivity index is 0.000000250. The zero-order chi connectivity index (χ0) is 3.54. The summed E-state index contributed by atoms with van der Waals surface area (Å²) in [7, 11) is 0. The van der Waals surface area contributed by atoms with Crippen molar-refractivity contribution < 1.29 is 4.42 Å². The molecule has 1 aromatic heterocycles. The van der Waals surface area contributed by atoms with Gasteiger partial charge in [-0.2, -0.15) is 0 Å². The quantitative estimate of drug-likeness (QED) is 0.454. The van der Waals surface area contributed by atoms with Crippen molar-refractivity contribution in [2.24, 2.45) is 0 Å². The van der Waals surface area contributed by atoms with Crippen molar-refractivity contribution in [2.45, 2.75) is 0 Å². The number of furan rings is 1. The topological polar surface area (TPSA) is 13.1 Å². The Morgan fingerprint density at radius 3 is 1.67 bits per heavy atom. The van der Waals surface area contributed by atoms with E-state index in [9.17, 15) is 0 Å². The highest BCUT2D eigenvalue weighted by Crippen LogP contribution is 1.79. The van der Waals surface area contributed by atoms with E-state index in [-0.39, 0.29) is 9.90 Å². The van der Waals surface area contributed by atoms with Gasteiger partial charge in [0.1, 0.15) is 0 Å². The normalized spacial score (nSPS) is 6.67. The van der Waals surface area contributed by atoms with Gasteiger partial charge in [0.05, 0.1) is 12.5 Å². The van der Waals surface area contributed by atoms with Gasteiger partial charge in [0.25, 0.3) is 0 Å². The second-order valence-corrected chi connectivity index (χ2v) is 0.793. The second-order valence-electron chi connectivity index (χ2n) is 0.793. The molecule has 0 bridgehead atoms. The summed E-state index contributed by atoms with van der Waals surface area (Å²) in [6.07, 6.45) is 3.25. The van der Waals surface area contributed by atoms with Crippen LogP contribution in [0.4, 0.5) is 0 Å². The molecule has 31 valence electrons. The summed E-state index contributed by atoms with van der Waals surface area (Å²) in [6.45, 7) is 0. The van der Waals surface area contributed by atoms with Gasteiger partial charge in [-0.1, -0.05) is 0 Å². The minimum atomic E-state index is 0. The molecule has 0 spiro atoms. The van der Waals surface area contributed by atoms with E-state index in [2.05, 4.69) is 4.42 Å². The fourth-order valence-electron chi connectivity index (χ4n) is 0.227. The zero-order valence-electron chi connectivity index (χ0n) is 3.16. The molecule has 1 heterocycles. The second kappa shape index (κ2) is 2.92. The standard InChI is InChI=1S/C4H4O.P/c1-2-4-5-3-1;/h1-4H;. The summed E-state index contributed by atoms with van der Waals surface area (Å²) < 4.78 is 4.58. The Bertz CT molecular complexity index is 64.0. The van der Waals surface area contributed by atoms with E-state index in [0.717, 1.165) is 0 Å². The van der Waals surface area contributed by atoms with Crippen LogP contribution in [-0.2, 0) is 0 Å². The van der Waals surface area contributed by atoms with Gasteiger partial charge in [0, 0.05) is 9.90 Å². The summed E-state index contributed by atoms with van der Waals surface area (Å²) in [5.74, 6) is 0. The fourth-order valence-corrected chi connectivity index (χ4v) is 0.227. The van der Waals surface area contributed by atoms with Crippen LogP contribution >= 0.6 is 9.90 Å². The maximum absolute atomic E-state index is 4.58. The first-order valence-corrected chi connectivity index (χ1v) is 1.47. The van der Waals surface area contributed by atoms with Crippen LogP contribution in [0.3, 0.4) is 0 Å². The van der Waals surface area contributed by atoms with E-state index >= 15 is 0 Å². The molecule has 0 aliphatic rings. The third-order valence-electron chi connectivity index (χ3n) is 0.425. The van der Waals surface area contributed by atoms with Crippen LogP contribution in [0.15, 0.2) is 29.1 Å². The number of hydrogen-bond acceptors (Lipinski definition) is 1. The van der Waals surface area contributed by atoms with E-state index < -0.39 is 0 Å². The molecule has 0 aliphatic carbocycles. The molecule has 2 heteroatoms. The van der Waals surface area contributed by atoms with Crippen molar-refractivity contribution in [3.05, 3.63) is 24.7 Å². The van der Waals surface area contributed by atoms with Crippen molar-refractivity contribution in [1.82, 2.24) is 0 Å². The summed E-state index contributed by atoms with van der Waals surface area (Å²) >= 11 is 0. The molecular formula is C4H4OP. The summed E-state index contributed by atoms with van der Waals surface area (Å²) in [6, 6.07) is 3.67. The molecule has 0 unspecified atom stereocenters. The minimum Gasteiger partial charge on any atom is -0.473 e. The highest BCUT2D eigenvalue weighted by Gasteiger charge is 1.58. The molecule has 0 amide bonds. The Morgan fingerprint density at radius 1 is 1.00 bits per heavy atom. The molecule has 0 atom stereocenters. The summed E-state index contributed by atoms with van der Waals surface area (Å²) in [4.78, 5) is 0. The van der Waals surface area contributed by atoms with Gasteiger partial charge in [0.2, 0.25) is 0 Å². The Hall–Kier alpha value is -0.290. The van der Waals surface area contributed by atoms with Gasteiger partial charge in [0.15, 0.2) is 0 Å². The first-order valence-electron chi connectivity index (χ1n) is 1.47. The Kier molecular flexibility index (Phi) is 2.78. The van der Waals surface area contributed by atoms with Gasteiger partial charge in [-0.3, -0.25) is 0 Å². The van der Waals surface area contributed by atoms with E-state index in [0.29, 0.717) is 0 Å². The Labute approximate surface area is 40.0 Å². The molecule has 0 N–H and O–H groups in total. The fraction of sp³-hybridized carbons (Fsp3) is 0. The minimum absolute atomic E-state index is 0. The molecule has 6 heavy (non-hydrogen) atoms. The predicted molar refractivity (Wildman–Crippen MR) is 25.6 cm³/mol. The highest BCUT2D eigenvalue weighted by atomic mass is 31.0. The van der Waals surface area contributed by atoms with Crippen LogP contribution in [0, 0.1) is 0 Å². The summed E-state index contributed by atoms with van der Waals surface area (Å²) in [5.41, 5.74) is 0. The molecule has 0 saturated carbocycles. The molecular weight excluding hydrogens is 95.0 g/mol. The Morgan fingerprint density at radius 2 is 1.50 bits per heavy atom. The van der Waals surface area contributed by atoms with E-state index in [4.69, 9.17) is 0 Å². The van der Waals surface area contributed by atoms with Crippen molar-refractivity contribution >= 4 is 9.90 Å². The van der Waals surface area contributed by atoms with Crippen molar-refractivity contribution in [3.8, 4) is 0 Å². The smallest absolute Gasteiger partial charge is 0.0902 e. The third-order valence-corrected chi connectivity index (χ3v) is 0.425. The van der Waals surface area contributed by atoms with Gasteiger partial charge in [-0.15, -0.1) is 0 Å². The van der Waals surface area contributed by atoms with Crippen molar-refractivity contribution in [1.29, 1.82) is 0 Å². The molecule has 3 radical (unpaired) electrons. The van der Waals surface area contributed by atoms with E-state index in [1.54, 1.807) is 12.5 Å². The van der Waals surface area contributed by atoms with Gasteiger partial charge < -0.3 is 4.42 Å². The average molecular weight is 99.0 g/mol. The van der Waals surface area contributed by atoms with Crippen LogP contribution in [0.1, 0.15) is 0 Å². The van der Waals surface area contributed by atoms with E-state index in [1.165, 1.54) is 0 Å². The first-order chi connectivity index (χ1) is 2.50. The molecule has 0 aliphatic heterocycles. The molecule has 0 saturated heterocycles. The summed E-state index contributed by atoms with van der Waals surface area (Å²) in [5, 5.41) is 0. The van der Waals surface area contributed by atoms with Crippen LogP contribution in [-0.4, -0.2) is 0 Å². The predicted octanol–water partition coefficient (Wildman–Crippen LogP) is 2.14. The van der Waals surface area contributed by atoms with Crippen LogP contribution in [0.25, 0.3) is 0 Å². The van der Waals surface area contributed by atoms with Crippen molar-refractivity contribution in [2.75, 3.05) is 0 Å². The van der Waals surface area contributed by atoms with Gasteiger partial charge in [-0.25, -0.2) is 0 Å². The lowest BCUT2D eigenvalue weighted by Gasteiger charge is -1.50. The highest BCUT2D eigenvalue weighted by molar-refractivity contribution is 6.92. The molecule has 1 rings (SSSR count). The molecule has 0 fully saturated rings. The van der Waals surface area contributed by atoms with Crippen LogP contribution in [0.5, 0.6) is 0 Å². The van der Waals surface area contributed by atoms with Crippen molar-refractivity contribution in [3.63, 3.8) is 0 Å². The molecule has 1 aromatic rings.